The van der Waals surface area contributed by atoms with Gasteiger partial charge in [0.2, 0.25) is 5.91 Å². The zero-order valence-electron chi connectivity index (χ0n) is 13.0. The number of rotatable bonds is 3. The molecule has 1 amide bonds. The van der Waals surface area contributed by atoms with Crippen molar-refractivity contribution in [2.24, 2.45) is 5.92 Å². The summed E-state index contributed by atoms with van der Waals surface area (Å²) >= 11 is 0. The molecule has 0 bridgehead atoms. The van der Waals surface area contributed by atoms with Crippen LogP contribution in [0.4, 0.5) is 5.69 Å². The number of likely N-dealkylation sites (tertiary alicyclic amines) is 1. The number of nitriles is 1. The number of hydrogen-bond acceptors (Lipinski definition) is 3. The molecule has 4 nitrogen and oxygen atoms in total. The largest absolute Gasteiger partial charge is 0.325 e. The Morgan fingerprint density at radius 2 is 2.24 bits per heavy atom. The minimum absolute atomic E-state index is 0.00788. The number of nitrogens with zero attached hydrogens (tertiary/aromatic N) is 2. The van der Waals surface area contributed by atoms with E-state index in [1.165, 1.54) is 0 Å². The monoisotopic (exact) mass is 285 g/mol. The highest BCUT2D eigenvalue weighted by atomic mass is 16.2. The summed E-state index contributed by atoms with van der Waals surface area (Å²) in [7, 11) is 0. The van der Waals surface area contributed by atoms with Crippen LogP contribution in [0.3, 0.4) is 0 Å². The van der Waals surface area contributed by atoms with Gasteiger partial charge in [-0.1, -0.05) is 13.0 Å². The third kappa shape index (κ3) is 3.83. The topological polar surface area (TPSA) is 56.1 Å². The van der Waals surface area contributed by atoms with Crippen molar-refractivity contribution in [2.45, 2.75) is 45.7 Å². The summed E-state index contributed by atoms with van der Waals surface area (Å²) < 4.78 is 0. The van der Waals surface area contributed by atoms with Crippen LogP contribution < -0.4 is 5.32 Å². The van der Waals surface area contributed by atoms with E-state index >= 15 is 0 Å². The van der Waals surface area contributed by atoms with Crippen LogP contribution in [0.15, 0.2) is 24.3 Å². The second-order valence-corrected chi connectivity index (χ2v) is 6.07. The van der Waals surface area contributed by atoms with Crippen molar-refractivity contribution in [1.82, 2.24) is 4.90 Å². The molecular weight excluding hydrogens is 262 g/mol. The minimum Gasteiger partial charge on any atom is -0.325 e. The van der Waals surface area contributed by atoms with Gasteiger partial charge in [-0.05, 0) is 57.4 Å². The van der Waals surface area contributed by atoms with Crippen LogP contribution in [-0.4, -0.2) is 29.4 Å². The van der Waals surface area contributed by atoms with E-state index < -0.39 is 0 Å². The fourth-order valence-electron chi connectivity index (χ4n) is 3.06. The molecule has 1 aromatic rings. The Morgan fingerprint density at radius 3 is 2.90 bits per heavy atom. The highest BCUT2D eigenvalue weighted by molar-refractivity contribution is 5.94. The molecule has 1 aliphatic heterocycles. The molecule has 112 valence electrons. The molecule has 1 aromatic carbocycles. The van der Waals surface area contributed by atoms with E-state index in [9.17, 15) is 4.79 Å². The van der Waals surface area contributed by atoms with E-state index in [4.69, 9.17) is 5.26 Å². The maximum atomic E-state index is 12.4. The van der Waals surface area contributed by atoms with E-state index in [0.717, 1.165) is 25.3 Å². The van der Waals surface area contributed by atoms with Crippen molar-refractivity contribution in [3.63, 3.8) is 0 Å². The van der Waals surface area contributed by atoms with Gasteiger partial charge in [-0.25, -0.2) is 0 Å². The predicted octanol–water partition coefficient (Wildman–Crippen LogP) is 3.01. The summed E-state index contributed by atoms with van der Waals surface area (Å²) in [6.07, 6.45) is 2.29. The molecule has 1 saturated heterocycles. The summed E-state index contributed by atoms with van der Waals surface area (Å²) in [5.41, 5.74) is 1.24. The Kier molecular flexibility index (Phi) is 4.98. The molecule has 3 unspecified atom stereocenters. The van der Waals surface area contributed by atoms with Crippen LogP contribution in [0.5, 0.6) is 0 Å². The van der Waals surface area contributed by atoms with Crippen LogP contribution >= 0.6 is 0 Å². The second-order valence-electron chi connectivity index (χ2n) is 6.07. The summed E-state index contributed by atoms with van der Waals surface area (Å²) in [6.45, 7) is 7.38. The number of anilines is 1. The third-order valence-corrected chi connectivity index (χ3v) is 4.33. The van der Waals surface area contributed by atoms with Gasteiger partial charge in [-0.15, -0.1) is 0 Å². The van der Waals surface area contributed by atoms with E-state index in [1.807, 2.05) is 13.0 Å². The number of amides is 1. The molecular formula is C17H23N3O. The Balaban J connectivity index is 2.01. The first-order valence-corrected chi connectivity index (χ1v) is 7.58. The number of nitrogens with one attached hydrogen (secondary N) is 1. The molecule has 0 aliphatic carbocycles. The summed E-state index contributed by atoms with van der Waals surface area (Å²) in [4.78, 5) is 14.7. The third-order valence-electron chi connectivity index (χ3n) is 4.33. The lowest BCUT2D eigenvalue weighted by Crippen LogP contribution is -2.50. The summed E-state index contributed by atoms with van der Waals surface area (Å²) in [5, 5.41) is 11.8. The second kappa shape index (κ2) is 6.73. The van der Waals surface area contributed by atoms with Crippen molar-refractivity contribution in [1.29, 1.82) is 5.26 Å². The molecule has 1 N–H and O–H groups in total. The van der Waals surface area contributed by atoms with Crippen LogP contribution in [0.1, 0.15) is 39.2 Å². The van der Waals surface area contributed by atoms with Crippen molar-refractivity contribution in [3.8, 4) is 6.07 Å². The lowest BCUT2D eigenvalue weighted by Gasteiger charge is -2.39. The molecule has 0 radical (unpaired) electrons. The van der Waals surface area contributed by atoms with Crippen LogP contribution in [-0.2, 0) is 4.79 Å². The molecule has 4 heteroatoms. The average Bonchev–Trinajstić information content (AvgIpc) is 2.46. The van der Waals surface area contributed by atoms with Crippen molar-refractivity contribution in [3.05, 3.63) is 29.8 Å². The van der Waals surface area contributed by atoms with Gasteiger partial charge in [0.1, 0.15) is 0 Å². The van der Waals surface area contributed by atoms with E-state index in [1.54, 1.807) is 18.2 Å². The highest BCUT2D eigenvalue weighted by Crippen LogP contribution is 2.24. The first kappa shape index (κ1) is 15.5. The number of carbonyl (C=O) groups is 1. The van der Waals surface area contributed by atoms with Gasteiger partial charge in [0.05, 0.1) is 17.7 Å². The smallest absolute Gasteiger partial charge is 0.241 e. The van der Waals surface area contributed by atoms with E-state index in [0.29, 0.717) is 17.3 Å². The minimum atomic E-state index is -0.154. The van der Waals surface area contributed by atoms with Crippen molar-refractivity contribution < 1.29 is 4.79 Å². The fraction of sp³-hybridized carbons (Fsp3) is 0.529. The Labute approximate surface area is 126 Å². The molecule has 1 fully saturated rings. The molecule has 1 aliphatic rings. The first-order chi connectivity index (χ1) is 10.0. The van der Waals surface area contributed by atoms with Crippen molar-refractivity contribution >= 4 is 11.6 Å². The van der Waals surface area contributed by atoms with Crippen LogP contribution in [0.25, 0.3) is 0 Å². The molecule has 0 saturated carbocycles. The molecule has 3 atom stereocenters. The number of hydrogen-bond donors (Lipinski definition) is 1. The SMILES string of the molecule is CC1CCN(C(C)C(=O)Nc2cccc(C#N)c2)C(C)C1. The van der Waals surface area contributed by atoms with Gasteiger partial charge >= 0.3 is 0 Å². The molecule has 0 spiro atoms. The van der Waals surface area contributed by atoms with Crippen LogP contribution in [0.2, 0.25) is 0 Å². The number of carbonyl (C=O) groups excluding carboxylic acids is 1. The quantitative estimate of drug-likeness (QED) is 0.928. The Morgan fingerprint density at radius 1 is 1.48 bits per heavy atom. The standard InChI is InChI=1S/C17H23N3O/c1-12-7-8-20(13(2)9-12)14(3)17(21)19-16-6-4-5-15(10-16)11-18/h4-6,10,12-14H,7-9H2,1-3H3,(H,19,21). The van der Waals surface area contributed by atoms with Gasteiger partial charge in [0.15, 0.2) is 0 Å². The molecule has 2 rings (SSSR count). The zero-order valence-corrected chi connectivity index (χ0v) is 13.0. The van der Waals surface area contributed by atoms with Crippen LogP contribution in [0, 0.1) is 17.2 Å². The molecule has 0 aromatic heterocycles. The predicted molar refractivity (Wildman–Crippen MR) is 83.8 cm³/mol. The fourth-order valence-corrected chi connectivity index (χ4v) is 3.06. The Hall–Kier alpha value is -1.86. The first-order valence-electron chi connectivity index (χ1n) is 7.58. The molecule has 21 heavy (non-hydrogen) atoms. The lowest BCUT2D eigenvalue weighted by molar-refractivity contribution is -0.122. The summed E-state index contributed by atoms with van der Waals surface area (Å²) in [6, 6.07) is 9.38. The summed E-state index contributed by atoms with van der Waals surface area (Å²) in [5.74, 6) is 0.727. The van der Waals surface area contributed by atoms with E-state index in [-0.39, 0.29) is 11.9 Å². The maximum Gasteiger partial charge on any atom is 0.241 e. The number of benzene rings is 1. The molecule has 1 heterocycles. The van der Waals surface area contributed by atoms with Gasteiger partial charge in [-0.3, -0.25) is 9.69 Å². The highest BCUT2D eigenvalue weighted by Gasteiger charge is 2.30. The Bertz CT molecular complexity index is 549. The van der Waals surface area contributed by atoms with Crippen molar-refractivity contribution in [2.75, 3.05) is 11.9 Å². The maximum absolute atomic E-state index is 12.4. The zero-order chi connectivity index (χ0) is 15.4. The van der Waals surface area contributed by atoms with Gasteiger partial charge < -0.3 is 5.32 Å². The normalized spacial score (nSPS) is 24.1. The van der Waals surface area contributed by atoms with Gasteiger partial charge in [0, 0.05) is 11.7 Å². The average molecular weight is 285 g/mol. The van der Waals surface area contributed by atoms with E-state index in [2.05, 4.69) is 30.1 Å². The van der Waals surface area contributed by atoms with Gasteiger partial charge in [0.25, 0.3) is 0 Å². The number of piperidine rings is 1. The lowest BCUT2D eigenvalue weighted by atomic mass is 9.92. The van der Waals surface area contributed by atoms with Gasteiger partial charge in [-0.2, -0.15) is 5.26 Å².